The number of hydrogen-bond donors (Lipinski definition) is 2. The number of nitrogens with one attached hydrogen (secondary N) is 2. The van der Waals surface area contributed by atoms with E-state index in [-0.39, 0.29) is 5.91 Å². The van der Waals surface area contributed by atoms with E-state index in [0.717, 1.165) is 16.9 Å². The van der Waals surface area contributed by atoms with Crippen LogP contribution in [0.5, 0.6) is 0 Å². The molecule has 3 rings (SSSR count). The second-order valence-electron chi connectivity index (χ2n) is 6.29. The Hall–Kier alpha value is -3.06. The van der Waals surface area contributed by atoms with Crippen LogP contribution in [0.3, 0.4) is 0 Å². The number of thioether (sulfide) groups is 1. The number of aromatic nitrogens is 2. The van der Waals surface area contributed by atoms with Gasteiger partial charge in [-0.2, -0.15) is 0 Å². The van der Waals surface area contributed by atoms with Gasteiger partial charge in [0.15, 0.2) is 5.16 Å². The van der Waals surface area contributed by atoms with E-state index in [2.05, 4.69) is 39.9 Å². The fourth-order valence-electron chi connectivity index (χ4n) is 2.66. The van der Waals surface area contributed by atoms with Gasteiger partial charge in [-0.05, 0) is 26.0 Å². The van der Waals surface area contributed by atoms with Gasteiger partial charge in [0.1, 0.15) is 0 Å². The summed E-state index contributed by atoms with van der Waals surface area (Å²) in [5.74, 6) is -0.371. The van der Waals surface area contributed by atoms with Gasteiger partial charge < -0.3 is 5.32 Å². The third-order valence-corrected chi connectivity index (χ3v) is 5.27. The third-order valence-electron chi connectivity index (χ3n) is 4.21. The molecule has 0 saturated carbocycles. The van der Waals surface area contributed by atoms with Crippen molar-refractivity contribution in [3.05, 3.63) is 66.4 Å². The highest BCUT2D eigenvalue weighted by Crippen LogP contribution is 2.31. The average Bonchev–Trinajstić information content (AvgIpc) is 3.12. The van der Waals surface area contributed by atoms with Crippen LogP contribution in [0.15, 0.2) is 66.0 Å². The van der Waals surface area contributed by atoms with Crippen LogP contribution in [-0.2, 0) is 4.79 Å². The Kier molecular flexibility index (Phi) is 6.16. The zero-order chi connectivity index (χ0) is 20.1. The molecule has 2 N–H and O–H groups in total. The van der Waals surface area contributed by atoms with Gasteiger partial charge >= 0.3 is 6.03 Å². The fourth-order valence-corrected chi connectivity index (χ4v) is 3.57. The second kappa shape index (κ2) is 8.75. The van der Waals surface area contributed by atoms with Gasteiger partial charge in [-0.15, -0.1) is 0 Å². The number of nitrogens with zero attached hydrogens (tertiary/aromatic N) is 2. The zero-order valence-electron chi connectivity index (χ0n) is 16.0. The largest absolute Gasteiger partial charge is 0.341 e. The molecule has 144 valence electrons. The topological polar surface area (TPSA) is 76.0 Å². The molecule has 0 fully saturated rings. The van der Waals surface area contributed by atoms with E-state index in [1.165, 1.54) is 24.4 Å². The molecule has 1 aromatic heterocycles. The first-order chi connectivity index (χ1) is 13.5. The molecule has 0 bridgehead atoms. The van der Waals surface area contributed by atoms with Crippen molar-refractivity contribution in [1.82, 2.24) is 20.2 Å². The molecule has 1 atom stereocenters. The highest BCUT2D eigenvalue weighted by atomic mass is 32.2. The molecular formula is C21H22N4O2S. The van der Waals surface area contributed by atoms with E-state index in [1.54, 1.807) is 6.92 Å². The molecule has 1 unspecified atom stereocenters. The van der Waals surface area contributed by atoms with Crippen LogP contribution >= 0.6 is 11.8 Å². The predicted molar refractivity (Wildman–Crippen MR) is 112 cm³/mol. The number of para-hydroxylation sites is 1. The molecule has 6 nitrogen and oxygen atoms in total. The number of imidazole rings is 1. The quantitative estimate of drug-likeness (QED) is 0.646. The zero-order valence-corrected chi connectivity index (χ0v) is 16.8. The fraction of sp³-hybridized carbons (Fsp3) is 0.190. The smallest absolute Gasteiger partial charge is 0.321 e. The van der Waals surface area contributed by atoms with Crippen molar-refractivity contribution in [3.63, 3.8) is 0 Å². The lowest BCUT2D eigenvalue weighted by atomic mass is 10.1. The van der Waals surface area contributed by atoms with Crippen molar-refractivity contribution in [2.24, 2.45) is 0 Å². The Balaban J connectivity index is 1.96. The highest BCUT2D eigenvalue weighted by molar-refractivity contribution is 8.00. The lowest BCUT2D eigenvalue weighted by molar-refractivity contribution is -0.119. The van der Waals surface area contributed by atoms with E-state index in [1.807, 2.05) is 48.0 Å². The molecule has 0 spiro atoms. The average molecular weight is 395 g/mol. The van der Waals surface area contributed by atoms with Crippen molar-refractivity contribution in [2.75, 3.05) is 7.05 Å². The molecule has 0 aliphatic rings. The number of imide groups is 1. The third kappa shape index (κ3) is 4.43. The Morgan fingerprint density at radius 3 is 2.39 bits per heavy atom. The Bertz CT molecular complexity index is 968. The van der Waals surface area contributed by atoms with Crippen LogP contribution in [0, 0.1) is 6.92 Å². The molecular weight excluding hydrogens is 372 g/mol. The molecule has 2 aromatic carbocycles. The van der Waals surface area contributed by atoms with Gasteiger partial charge in [0.05, 0.1) is 17.1 Å². The van der Waals surface area contributed by atoms with Crippen molar-refractivity contribution < 1.29 is 9.59 Å². The Labute approximate surface area is 168 Å². The van der Waals surface area contributed by atoms with Gasteiger partial charge in [0.2, 0.25) is 5.91 Å². The van der Waals surface area contributed by atoms with Crippen LogP contribution in [0.2, 0.25) is 0 Å². The molecule has 3 amide bonds. The first-order valence-corrected chi connectivity index (χ1v) is 9.77. The number of carbonyl (C=O) groups excluding carboxylic acids is 2. The standard InChI is InChI=1S/C21H22N4O2S/c1-14-9-11-16(12-10-14)18-13-23-21(25(18)17-7-5-4-6-8-17)28-15(2)19(26)24-20(27)22-3/h4-13,15H,1-3H3,(H2,22,24,26,27). The molecule has 28 heavy (non-hydrogen) atoms. The van der Waals surface area contributed by atoms with Crippen molar-refractivity contribution in [2.45, 2.75) is 24.3 Å². The minimum atomic E-state index is -0.524. The van der Waals surface area contributed by atoms with Crippen LogP contribution in [0.25, 0.3) is 16.9 Å². The maximum Gasteiger partial charge on any atom is 0.321 e. The first kappa shape index (κ1) is 19.7. The lowest BCUT2D eigenvalue weighted by Crippen LogP contribution is -2.41. The van der Waals surface area contributed by atoms with Crippen LogP contribution in [-0.4, -0.2) is 33.8 Å². The minimum Gasteiger partial charge on any atom is -0.341 e. The summed E-state index contributed by atoms with van der Waals surface area (Å²) in [5.41, 5.74) is 4.12. The predicted octanol–water partition coefficient (Wildman–Crippen LogP) is 3.78. The highest BCUT2D eigenvalue weighted by Gasteiger charge is 2.21. The maximum absolute atomic E-state index is 12.2. The molecule has 3 aromatic rings. The molecule has 7 heteroatoms. The van der Waals surface area contributed by atoms with E-state index < -0.39 is 11.3 Å². The summed E-state index contributed by atoms with van der Waals surface area (Å²) < 4.78 is 2.03. The number of benzene rings is 2. The van der Waals surface area contributed by atoms with Crippen LogP contribution in [0.4, 0.5) is 4.79 Å². The first-order valence-electron chi connectivity index (χ1n) is 8.89. The molecule has 1 heterocycles. The number of rotatable bonds is 5. The molecule has 0 radical (unpaired) electrons. The summed E-state index contributed by atoms with van der Waals surface area (Å²) in [6, 6.07) is 17.6. The molecule has 0 aliphatic carbocycles. The number of urea groups is 1. The van der Waals surface area contributed by atoms with E-state index in [4.69, 9.17) is 0 Å². The number of amides is 3. The molecule has 0 aliphatic heterocycles. The monoisotopic (exact) mass is 394 g/mol. The van der Waals surface area contributed by atoms with E-state index in [0.29, 0.717) is 5.16 Å². The number of aryl methyl sites for hydroxylation is 1. The van der Waals surface area contributed by atoms with Crippen LogP contribution in [0.1, 0.15) is 12.5 Å². The van der Waals surface area contributed by atoms with Gasteiger partial charge in [-0.3, -0.25) is 14.7 Å². The summed E-state index contributed by atoms with van der Waals surface area (Å²) in [6.45, 7) is 3.80. The van der Waals surface area contributed by atoms with E-state index in [9.17, 15) is 9.59 Å². The maximum atomic E-state index is 12.2. The summed E-state index contributed by atoms with van der Waals surface area (Å²) in [4.78, 5) is 28.2. The minimum absolute atomic E-state index is 0.371. The lowest BCUT2D eigenvalue weighted by Gasteiger charge is -2.15. The van der Waals surface area contributed by atoms with Crippen molar-refractivity contribution >= 4 is 23.7 Å². The SMILES string of the molecule is CNC(=O)NC(=O)C(C)Sc1ncc(-c2ccc(C)cc2)n1-c1ccccc1. The normalized spacial score (nSPS) is 11.7. The summed E-state index contributed by atoms with van der Waals surface area (Å²) >= 11 is 1.30. The second-order valence-corrected chi connectivity index (χ2v) is 7.60. The van der Waals surface area contributed by atoms with Crippen molar-refractivity contribution in [3.8, 4) is 16.9 Å². The summed E-state index contributed by atoms with van der Waals surface area (Å²) in [6.07, 6.45) is 1.81. The van der Waals surface area contributed by atoms with Gasteiger partial charge in [-0.25, -0.2) is 9.78 Å². The Morgan fingerprint density at radius 1 is 1.07 bits per heavy atom. The number of carbonyl (C=O) groups is 2. The Morgan fingerprint density at radius 2 is 1.75 bits per heavy atom. The number of hydrogen-bond acceptors (Lipinski definition) is 4. The summed E-state index contributed by atoms with van der Waals surface area (Å²) in [7, 11) is 1.47. The van der Waals surface area contributed by atoms with Crippen LogP contribution < -0.4 is 10.6 Å². The van der Waals surface area contributed by atoms with Gasteiger partial charge in [-0.1, -0.05) is 59.8 Å². The molecule has 0 saturated heterocycles. The van der Waals surface area contributed by atoms with Gasteiger partial charge in [0, 0.05) is 18.3 Å². The van der Waals surface area contributed by atoms with Gasteiger partial charge in [0.25, 0.3) is 0 Å². The summed E-state index contributed by atoms with van der Waals surface area (Å²) in [5, 5.41) is 4.88. The van der Waals surface area contributed by atoms with E-state index >= 15 is 0 Å². The van der Waals surface area contributed by atoms with Crippen molar-refractivity contribution in [1.29, 1.82) is 0 Å².